The van der Waals surface area contributed by atoms with Crippen LogP contribution in [0.1, 0.15) is 67.0 Å². The minimum absolute atomic E-state index is 0. The zero-order valence-electron chi connectivity index (χ0n) is 14.4. The molecule has 122 valence electrons. The second kappa shape index (κ2) is 6.96. The van der Waals surface area contributed by atoms with Gasteiger partial charge in [-0.15, -0.1) is 0 Å². The van der Waals surface area contributed by atoms with Crippen molar-refractivity contribution in [2.45, 2.75) is 66.5 Å². The van der Waals surface area contributed by atoms with E-state index in [4.69, 9.17) is 4.74 Å². The lowest BCUT2D eigenvalue weighted by molar-refractivity contribution is 0.0214. The Hall–Kier alpha value is -1.52. The number of aryl methyl sites for hydroxylation is 1. The standard InChI is InChI=1S/C14H23N3O2.C2H6.H2/c1-9-6-11(12-15-7-10(2)16-12)17(8-9)13(18)19-14(3,4)5;1-2;/h7,9,11H,6,8H2,1-5H3,(H,15,16);1-2H3;1H/t9-,11-;;/m0../s1. The van der Waals surface area contributed by atoms with Gasteiger partial charge in [0.25, 0.3) is 0 Å². The fourth-order valence-electron chi connectivity index (χ4n) is 2.43. The Kier molecular flexibility index (Phi) is 5.81. The molecule has 1 aliphatic rings. The van der Waals surface area contributed by atoms with Crippen LogP contribution in [0, 0.1) is 12.8 Å². The van der Waals surface area contributed by atoms with Crippen molar-refractivity contribution >= 4 is 6.09 Å². The van der Waals surface area contributed by atoms with Crippen LogP contribution in [0.3, 0.4) is 0 Å². The minimum atomic E-state index is -0.466. The predicted molar refractivity (Wildman–Crippen MR) is 86.2 cm³/mol. The van der Waals surface area contributed by atoms with Crippen LogP contribution in [0.2, 0.25) is 0 Å². The molecule has 0 unspecified atom stereocenters. The van der Waals surface area contributed by atoms with Crippen LogP contribution in [0.4, 0.5) is 4.79 Å². The average Bonchev–Trinajstić information content (AvgIpc) is 2.95. The van der Waals surface area contributed by atoms with Crippen LogP contribution in [0.25, 0.3) is 0 Å². The molecule has 0 aliphatic carbocycles. The molecule has 0 saturated carbocycles. The molecule has 1 aromatic heterocycles. The number of nitrogens with zero attached hydrogens (tertiary/aromatic N) is 2. The molecule has 5 nitrogen and oxygen atoms in total. The van der Waals surface area contributed by atoms with E-state index in [-0.39, 0.29) is 13.6 Å². The molecule has 0 bridgehead atoms. The van der Waals surface area contributed by atoms with Crippen molar-refractivity contribution in [2.75, 3.05) is 6.54 Å². The molecule has 2 rings (SSSR count). The molecule has 5 heteroatoms. The maximum atomic E-state index is 12.3. The van der Waals surface area contributed by atoms with Gasteiger partial charge in [0.2, 0.25) is 0 Å². The van der Waals surface area contributed by atoms with E-state index in [0.29, 0.717) is 5.92 Å². The van der Waals surface area contributed by atoms with E-state index in [2.05, 4.69) is 16.9 Å². The summed E-state index contributed by atoms with van der Waals surface area (Å²) in [6.45, 7) is 14.5. The second-order valence-corrected chi connectivity index (χ2v) is 6.44. The smallest absolute Gasteiger partial charge is 0.410 e. The largest absolute Gasteiger partial charge is 0.444 e. The molecule has 2 heterocycles. The highest BCUT2D eigenvalue weighted by atomic mass is 16.6. The number of nitrogens with one attached hydrogen (secondary N) is 1. The number of aromatic amines is 1. The first kappa shape index (κ1) is 17.5. The van der Waals surface area contributed by atoms with E-state index < -0.39 is 5.60 Å². The molecule has 1 fully saturated rings. The third-order valence-electron chi connectivity index (χ3n) is 3.18. The summed E-state index contributed by atoms with van der Waals surface area (Å²) in [6.07, 6.45) is 2.47. The summed E-state index contributed by atoms with van der Waals surface area (Å²) in [4.78, 5) is 21.6. The van der Waals surface area contributed by atoms with Crippen LogP contribution < -0.4 is 0 Å². The highest BCUT2D eigenvalue weighted by molar-refractivity contribution is 5.69. The summed E-state index contributed by atoms with van der Waals surface area (Å²) in [7, 11) is 0. The minimum Gasteiger partial charge on any atom is -0.444 e. The molecule has 1 aromatic rings. The van der Waals surface area contributed by atoms with Crippen molar-refractivity contribution in [2.24, 2.45) is 5.92 Å². The van der Waals surface area contributed by atoms with Gasteiger partial charge in [0.05, 0.1) is 6.04 Å². The van der Waals surface area contributed by atoms with Gasteiger partial charge >= 0.3 is 6.09 Å². The third-order valence-corrected chi connectivity index (χ3v) is 3.18. The first-order chi connectivity index (χ1) is 9.76. The Balaban J connectivity index is 0.00000141. The van der Waals surface area contributed by atoms with Gasteiger partial charge in [-0.2, -0.15) is 0 Å². The number of carbonyl (C=O) groups excluding carboxylic acids is 1. The summed E-state index contributed by atoms with van der Waals surface area (Å²) in [6, 6.07) is -0.00134. The number of rotatable bonds is 1. The molecule has 21 heavy (non-hydrogen) atoms. The van der Waals surface area contributed by atoms with Crippen LogP contribution in [0.15, 0.2) is 6.20 Å². The quantitative estimate of drug-likeness (QED) is 0.840. The maximum Gasteiger partial charge on any atom is 0.410 e. The van der Waals surface area contributed by atoms with Crippen LogP contribution in [-0.2, 0) is 4.74 Å². The Labute approximate surface area is 129 Å². The van der Waals surface area contributed by atoms with Crippen molar-refractivity contribution in [1.82, 2.24) is 14.9 Å². The number of aromatic nitrogens is 2. The number of imidazole rings is 1. The van der Waals surface area contributed by atoms with E-state index in [1.165, 1.54) is 0 Å². The van der Waals surface area contributed by atoms with Gasteiger partial charge in [0.15, 0.2) is 0 Å². The molecular weight excluding hydrogens is 266 g/mol. The zero-order valence-corrected chi connectivity index (χ0v) is 14.4. The average molecular weight is 297 g/mol. The zero-order chi connectivity index (χ0) is 16.2. The van der Waals surface area contributed by atoms with Crippen molar-refractivity contribution in [1.29, 1.82) is 0 Å². The lowest BCUT2D eigenvalue weighted by Crippen LogP contribution is -2.37. The van der Waals surface area contributed by atoms with Gasteiger partial charge < -0.3 is 9.72 Å². The molecule has 1 amide bonds. The van der Waals surface area contributed by atoms with Gasteiger partial charge in [0, 0.05) is 19.9 Å². The highest BCUT2D eigenvalue weighted by Gasteiger charge is 2.37. The molecule has 2 atom stereocenters. The molecule has 1 aliphatic heterocycles. The lowest BCUT2D eigenvalue weighted by atomic mass is 10.1. The van der Waals surface area contributed by atoms with Gasteiger partial charge in [-0.3, -0.25) is 4.90 Å². The number of carbonyl (C=O) groups is 1. The maximum absolute atomic E-state index is 12.3. The van der Waals surface area contributed by atoms with Gasteiger partial charge in [-0.05, 0) is 40.0 Å². The van der Waals surface area contributed by atoms with E-state index in [1.54, 1.807) is 11.1 Å². The summed E-state index contributed by atoms with van der Waals surface area (Å²) >= 11 is 0. The Bertz CT molecular complexity index is 468. The summed E-state index contributed by atoms with van der Waals surface area (Å²) < 4.78 is 5.47. The monoisotopic (exact) mass is 297 g/mol. The topological polar surface area (TPSA) is 58.2 Å². The number of hydrogen-bond acceptors (Lipinski definition) is 3. The summed E-state index contributed by atoms with van der Waals surface area (Å²) in [5.74, 6) is 1.32. The summed E-state index contributed by atoms with van der Waals surface area (Å²) in [5.41, 5.74) is 0.547. The first-order valence-corrected chi connectivity index (χ1v) is 7.77. The number of amides is 1. The Morgan fingerprint density at radius 2 is 2.10 bits per heavy atom. The van der Waals surface area contributed by atoms with Crippen LogP contribution >= 0.6 is 0 Å². The highest BCUT2D eigenvalue weighted by Crippen LogP contribution is 2.34. The second-order valence-electron chi connectivity index (χ2n) is 6.44. The Morgan fingerprint density at radius 3 is 2.57 bits per heavy atom. The van der Waals surface area contributed by atoms with E-state index >= 15 is 0 Å². The fourth-order valence-corrected chi connectivity index (χ4v) is 2.43. The van der Waals surface area contributed by atoms with Gasteiger partial charge in [0.1, 0.15) is 11.4 Å². The number of H-pyrrole nitrogens is 1. The fraction of sp³-hybridized carbons (Fsp3) is 0.750. The van der Waals surface area contributed by atoms with E-state index in [0.717, 1.165) is 24.5 Å². The summed E-state index contributed by atoms with van der Waals surface area (Å²) in [5, 5.41) is 0. The predicted octanol–water partition coefficient (Wildman–Crippen LogP) is 4.31. The molecule has 0 aromatic carbocycles. The van der Waals surface area contributed by atoms with E-state index in [1.807, 2.05) is 41.5 Å². The van der Waals surface area contributed by atoms with Crippen molar-refractivity contribution in [3.63, 3.8) is 0 Å². The molecule has 1 N–H and O–H groups in total. The molecule has 1 saturated heterocycles. The van der Waals surface area contributed by atoms with Gasteiger partial charge in [-0.25, -0.2) is 9.78 Å². The molecule has 0 radical (unpaired) electrons. The first-order valence-electron chi connectivity index (χ1n) is 7.77. The van der Waals surface area contributed by atoms with Crippen molar-refractivity contribution in [3.8, 4) is 0 Å². The number of ether oxygens (including phenoxy) is 1. The van der Waals surface area contributed by atoms with Crippen molar-refractivity contribution < 1.29 is 11.0 Å². The van der Waals surface area contributed by atoms with Crippen molar-refractivity contribution in [3.05, 3.63) is 17.7 Å². The SMILES string of the molecule is CC.Cc1cnc([C@@H]2C[C@H](C)CN2C(=O)OC(C)(C)C)[nH]1.[HH]. The normalized spacial score (nSPS) is 21.8. The van der Waals surface area contributed by atoms with Crippen LogP contribution in [-0.4, -0.2) is 33.1 Å². The number of hydrogen-bond donors (Lipinski definition) is 1. The molecule has 0 spiro atoms. The van der Waals surface area contributed by atoms with E-state index in [9.17, 15) is 4.79 Å². The van der Waals surface area contributed by atoms with Crippen LogP contribution in [0.5, 0.6) is 0 Å². The lowest BCUT2D eigenvalue weighted by Gasteiger charge is -2.27. The molecular formula is C16H31N3O2. The number of likely N-dealkylation sites (tertiary alicyclic amines) is 1. The van der Waals surface area contributed by atoms with Gasteiger partial charge in [-0.1, -0.05) is 20.8 Å². The Morgan fingerprint density at radius 1 is 1.48 bits per heavy atom. The third kappa shape index (κ3) is 4.76.